The highest BCUT2D eigenvalue weighted by Gasteiger charge is 2.12. The van der Waals surface area contributed by atoms with Gasteiger partial charge in [-0.2, -0.15) is 4.80 Å². The fourth-order valence-corrected chi connectivity index (χ4v) is 2.21. The average molecular weight is 329 g/mol. The zero-order valence-corrected chi connectivity index (χ0v) is 13.1. The van der Waals surface area contributed by atoms with E-state index in [0.29, 0.717) is 17.9 Å². The second-order valence-electron chi connectivity index (χ2n) is 4.64. The van der Waals surface area contributed by atoms with Gasteiger partial charge in [0, 0.05) is 29.1 Å². The van der Waals surface area contributed by atoms with Gasteiger partial charge in [0.2, 0.25) is 5.82 Å². The summed E-state index contributed by atoms with van der Waals surface area (Å²) >= 11 is 5.89. The monoisotopic (exact) mass is 328 g/mol. The summed E-state index contributed by atoms with van der Waals surface area (Å²) in [5, 5.41) is 12.4. The van der Waals surface area contributed by atoms with Crippen LogP contribution >= 0.6 is 11.6 Å². The van der Waals surface area contributed by atoms with Crippen LogP contribution in [0.3, 0.4) is 0 Å². The highest BCUT2D eigenvalue weighted by Crippen LogP contribution is 2.19. The van der Waals surface area contributed by atoms with Crippen LogP contribution in [0, 0.1) is 0 Å². The van der Waals surface area contributed by atoms with Crippen molar-refractivity contribution in [3.05, 3.63) is 65.5 Å². The fraction of sp³-hybridized carbons (Fsp3) is 0.133. The molecular weight excluding hydrogens is 316 g/mol. The van der Waals surface area contributed by atoms with E-state index in [1.54, 1.807) is 19.5 Å². The smallest absolute Gasteiger partial charge is 0.206 e. The molecule has 0 aliphatic heterocycles. The Hall–Kier alpha value is -2.80. The summed E-state index contributed by atoms with van der Waals surface area (Å²) in [6.45, 7) is 0.498. The standard InChI is InChI=1S/C15H13ClN6O/c1-23-13-4-2-11(3-5-13)9-22-20-15(19-21-22)14(6-16)12-7-17-10-18-8-12/h2-8,10H,9H2,1H3. The van der Waals surface area contributed by atoms with Crippen molar-refractivity contribution in [2.45, 2.75) is 6.54 Å². The molecule has 0 bridgehead atoms. The van der Waals surface area contributed by atoms with Crippen molar-refractivity contribution in [1.29, 1.82) is 0 Å². The summed E-state index contributed by atoms with van der Waals surface area (Å²) in [5.41, 5.74) is 3.78. The molecule has 0 unspecified atom stereocenters. The lowest BCUT2D eigenvalue weighted by molar-refractivity contribution is 0.414. The second kappa shape index (κ2) is 6.97. The number of tetrazole rings is 1. The highest BCUT2D eigenvalue weighted by molar-refractivity contribution is 6.28. The maximum atomic E-state index is 5.89. The normalized spacial score (nSPS) is 11.5. The van der Waals surface area contributed by atoms with Crippen molar-refractivity contribution in [3.8, 4) is 5.75 Å². The lowest BCUT2D eigenvalue weighted by Gasteiger charge is -2.02. The first-order chi connectivity index (χ1) is 11.3. The van der Waals surface area contributed by atoms with Crippen LogP contribution in [0.5, 0.6) is 5.75 Å². The minimum atomic E-state index is 0.420. The van der Waals surface area contributed by atoms with Crippen LogP contribution in [0.1, 0.15) is 17.0 Å². The van der Waals surface area contributed by atoms with Crippen LogP contribution in [0.2, 0.25) is 0 Å². The zero-order valence-electron chi connectivity index (χ0n) is 12.3. The SMILES string of the molecule is COc1ccc(Cn2nnc(C(=CCl)c3cncnc3)n2)cc1. The summed E-state index contributed by atoms with van der Waals surface area (Å²) in [5.74, 6) is 1.22. The molecule has 8 heteroatoms. The summed E-state index contributed by atoms with van der Waals surface area (Å²) in [6.07, 6.45) is 4.74. The summed E-state index contributed by atoms with van der Waals surface area (Å²) in [7, 11) is 1.63. The molecule has 3 aromatic rings. The van der Waals surface area contributed by atoms with E-state index in [4.69, 9.17) is 16.3 Å². The largest absolute Gasteiger partial charge is 0.497 e. The Bertz CT molecular complexity index is 800. The third kappa shape index (κ3) is 3.51. The summed E-state index contributed by atoms with van der Waals surface area (Å²) < 4.78 is 5.13. The van der Waals surface area contributed by atoms with E-state index in [0.717, 1.165) is 16.9 Å². The van der Waals surface area contributed by atoms with Crippen LogP contribution in [-0.4, -0.2) is 37.3 Å². The van der Waals surface area contributed by atoms with Crippen LogP contribution in [0.25, 0.3) is 5.57 Å². The maximum absolute atomic E-state index is 5.89. The van der Waals surface area contributed by atoms with Crippen LogP contribution in [-0.2, 0) is 6.54 Å². The minimum absolute atomic E-state index is 0.420. The Morgan fingerprint density at radius 1 is 1.22 bits per heavy atom. The van der Waals surface area contributed by atoms with Gasteiger partial charge in [-0.15, -0.1) is 10.2 Å². The molecule has 1 aromatic carbocycles. The lowest BCUT2D eigenvalue weighted by atomic mass is 10.1. The van der Waals surface area contributed by atoms with Crippen molar-refractivity contribution in [3.63, 3.8) is 0 Å². The Balaban J connectivity index is 1.79. The topological polar surface area (TPSA) is 78.6 Å². The van der Waals surface area contributed by atoms with Gasteiger partial charge in [-0.05, 0) is 22.9 Å². The van der Waals surface area contributed by atoms with Crippen LogP contribution < -0.4 is 4.74 Å². The van der Waals surface area contributed by atoms with Gasteiger partial charge in [-0.3, -0.25) is 0 Å². The van der Waals surface area contributed by atoms with Gasteiger partial charge in [-0.1, -0.05) is 23.7 Å². The third-order valence-electron chi connectivity index (χ3n) is 3.16. The number of hydrogen-bond acceptors (Lipinski definition) is 6. The molecule has 2 aromatic heterocycles. The molecule has 0 fully saturated rings. The number of hydrogen-bond donors (Lipinski definition) is 0. The van der Waals surface area contributed by atoms with Crippen molar-refractivity contribution in [1.82, 2.24) is 30.2 Å². The van der Waals surface area contributed by atoms with E-state index in [1.165, 1.54) is 16.7 Å². The van der Waals surface area contributed by atoms with Gasteiger partial charge in [0.05, 0.1) is 13.7 Å². The van der Waals surface area contributed by atoms with Gasteiger partial charge < -0.3 is 4.74 Å². The van der Waals surface area contributed by atoms with E-state index < -0.39 is 0 Å². The number of methoxy groups -OCH3 is 1. The van der Waals surface area contributed by atoms with Gasteiger partial charge in [0.25, 0.3) is 0 Å². The number of halogens is 1. The molecular formula is C15H13ClN6O. The first-order valence-electron chi connectivity index (χ1n) is 6.77. The molecule has 0 aliphatic carbocycles. The molecule has 2 heterocycles. The summed E-state index contributed by atoms with van der Waals surface area (Å²) in [6, 6.07) is 7.67. The predicted octanol–water partition coefficient (Wildman–Crippen LogP) is 2.15. The molecule has 0 saturated heterocycles. The van der Waals surface area contributed by atoms with E-state index in [2.05, 4.69) is 25.4 Å². The molecule has 0 radical (unpaired) electrons. The maximum Gasteiger partial charge on any atom is 0.206 e. The molecule has 0 aliphatic rings. The molecule has 0 N–H and O–H groups in total. The number of benzene rings is 1. The van der Waals surface area contributed by atoms with Gasteiger partial charge >= 0.3 is 0 Å². The fourth-order valence-electron chi connectivity index (χ4n) is 1.99. The predicted molar refractivity (Wildman–Crippen MR) is 84.9 cm³/mol. The van der Waals surface area contributed by atoms with Crippen molar-refractivity contribution in [2.75, 3.05) is 7.11 Å². The average Bonchev–Trinajstić information content (AvgIpc) is 3.05. The minimum Gasteiger partial charge on any atom is -0.497 e. The van der Waals surface area contributed by atoms with Crippen molar-refractivity contribution < 1.29 is 4.74 Å². The lowest BCUT2D eigenvalue weighted by Crippen LogP contribution is -2.04. The number of ether oxygens (including phenoxy) is 1. The second-order valence-corrected chi connectivity index (χ2v) is 4.86. The van der Waals surface area contributed by atoms with Crippen molar-refractivity contribution in [2.24, 2.45) is 0 Å². The van der Waals surface area contributed by atoms with Gasteiger partial charge in [0.1, 0.15) is 12.1 Å². The van der Waals surface area contributed by atoms with Crippen LogP contribution in [0.4, 0.5) is 0 Å². The van der Waals surface area contributed by atoms with E-state index in [1.807, 2.05) is 24.3 Å². The third-order valence-corrected chi connectivity index (χ3v) is 3.38. The van der Waals surface area contributed by atoms with Gasteiger partial charge in [0.15, 0.2) is 0 Å². The van der Waals surface area contributed by atoms with E-state index in [9.17, 15) is 0 Å². The highest BCUT2D eigenvalue weighted by atomic mass is 35.5. The Morgan fingerprint density at radius 2 is 1.96 bits per heavy atom. The molecule has 0 saturated carbocycles. The molecule has 23 heavy (non-hydrogen) atoms. The Kier molecular flexibility index (Phi) is 4.58. The van der Waals surface area contributed by atoms with Gasteiger partial charge in [-0.25, -0.2) is 9.97 Å². The quantitative estimate of drug-likeness (QED) is 0.714. The first kappa shape index (κ1) is 15.1. The summed E-state index contributed by atoms with van der Waals surface area (Å²) in [4.78, 5) is 9.43. The first-order valence-corrected chi connectivity index (χ1v) is 7.20. The Morgan fingerprint density at radius 3 is 2.61 bits per heavy atom. The molecule has 0 atom stereocenters. The molecule has 116 valence electrons. The Labute approximate surface area is 137 Å². The van der Waals surface area contributed by atoms with E-state index in [-0.39, 0.29) is 0 Å². The zero-order chi connectivity index (χ0) is 16.1. The number of nitrogens with zero attached hydrogens (tertiary/aromatic N) is 6. The van der Waals surface area contributed by atoms with E-state index >= 15 is 0 Å². The van der Waals surface area contributed by atoms with Crippen molar-refractivity contribution >= 4 is 17.2 Å². The van der Waals surface area contributed by atoms with Crippen LogP contribution in [0.15, 0.2) is 48.5 Å². The molecule has 0 amide bonds. The number of rotatable bonds is 5. The molecule has 7 nitrogen and oxygen atoms in total. The molecule has 0 spiro atoms. The molecule has 3 rings (SSSR count). The number of aromatic nitrogens is 6.